The summed E-state index contributed by atoms with van der Waals surface area (Å²) in [5, 5.41) is 8.17. The fraction of sp³-hybridized carbons (Fsp3) is 0.750. The molecule has 0 aromatic rings. The standard InChI is InChI=1S/C4H10O4Si/c1-8-9(2,7)3-4(5)6/h7H,3H2,1-2H3,(H,5,6). The van der Waals surface area contributed by atoms with Crippen LogP contribution in [0.3, 0.4) is 0 Å². The third kappa shape index (κ3) is 4.13. The lowest BCUT2D eigenvalue weighted by atomic mass is 10.8. The molecule has 1 unspecified atom stereocenters. The van der Waals surface area contributed by atoms with Crippen molar-refractivity contribution in [1.82, 2.24) is 0 Å². The van der Waals surface area contributed by atoms with Crippen molar-refractivity contribution < 1.29 is 19.1 Å². The van der Waals surface area contributed by atoms with Crippen LogP contribution in [0.15, 0.2) is 0 Å². The minimum absolute atomic E-state index is 0.260. The number of carboxylic acid groups (broad SMARTS) is 1. The van der Waals surface area contributed by atoms with Crippen LogP contribution in [0.1, 0.15) is 0 Å². The number of hydrogen-bond acceptors (Lipinski definition) is 3. The van der Waals surface area contributed by atoms with Crippen molar-refractivity contribution >= 4 is 14.5 Å². The molecule has 0 aromatic carbocycles. The van der Waals surface area contributed by atoms with Crippen LogP contribution in [-0.2, 0) is 9.22 Å². The summed E-state index contributed by atoms with van der Waals surface area (Å²) in [6.45, 7) is 1.43. The van der Waals surface area contributed by atoms with Gasteiger partial charge in [0.15, 0.2) is 0 Å². The van der Waals surface area contributed by atoms with E-state index >= 15 is 0 Å². The van der Waals surface area contributed by atoms with E-state index in [0.29, 0.717) is 0 Å². The molecule has 9 heavy (non-hydrogen) atoms. The molecule has 0 amide bonds. The summed E-state index contributed by atoms with van der Waals surface area (Å²) in [5.74, 6) is -1.02. The molecule has 0 aliphatic carbocycles. The van der Waals surface area contributed by atoms with Crippen LogP contribution in [0.2, 0.25) is 12.6 Å². The fourth-order valence-electron chi connectivity index (χ4n) is 0.353. The highest BCUT2D eigenvalue weighted by Gasteiger charge is 2.28. The molecule has 0 radical (unpaired) electrons. The van der Waals surface area contributed by atoms with Crippen molar-refractivity contribution in [3.8, 4) is 0 Å². The zero-order valence-electron chi connectivity index (χ0n) is 5.42. The lowest BCUT2D eigenvalue weighted by Crippen LogP contribution is -2.35. The third-order valence-corrected chi connectivity index (χ3v) is 2.76. The van der Waals surface area contributed by atoms with Gasteiger partial charge in [-0.15, -0.1) is 0 Å². The van der Waals surface area contributed by atoms with Crippen molar-refractivity contribution in [2.75, 3.05) is 7.11 Å². The van der Waals surface area contributed by atoms with E-state index < -0.39 is 14.5 Å². The Balaban J connectivity index is 3.71. The summed E-state index contributed by atoms with van der Waals surface area (Å²) < 4.78 is 4.56. The molecule has 0 spiro atoms. The largest absolute Gasteiger partial charge is 0.481 e. The lowest BCUT2D eigenvalue weighted by Gasteiger charge is -2.13. The van der Waals surface area contributed by atoms with E-state index in [4.69, 9.17) is 9.90 Å². The monoisotopic (exact) mass is 150 g/mol. The first-order chi connectivity index (χ1) is 3.98. The summed E-state index contributed by atoms with van der Waals surface area (Å²) in [7, 11) is -1.53. The Bertz CT molecular complexity index is 111. The Kier molecular flexibility index (Phi) is 2.82. The van der Waals surface area contributed by atoms with Gasteiger partial charge in [0.2, 0.25) is 0 Å². The van der Waals surface area contributed by atoms with E-state index in [-0.39, 0.29) is 6.04 Å². The second-order valence-electron chi connectivity index (χ2n) is 1.95. The predicted octanol–water partition coefficient (Wildman–Crippen LogP) is -0.218. The molecule has 0 rings (SSSR count). The molecule has 0 saturated heterocycles. The van der Waals surface area contributed by atoms with Gasteiger partial charge in [0, 0.05) is 7.11 Å². The van der Waals surface area contributed by atoms with E-state index in [1.165, 1.54) is 13.7 Å². The van der Waals surface area contributed by atoms with E-state index in [0.717, 1.165) is 0 Å². The topological polar surface area (TPSA) is 66.8 Å². The Labute approximate surface area is 54.3 Å². The predicted molar refractivity (Wildman–Crippen MR) is 33.3 cm³/mol. The molecule has 0 bridgehead atoms. The average Bonchev–Trinajstić information content (AvgIpc) is 1.63. The molecule has 0 aliphatic heterocycles. The molecule has 0 aromatic heterocycles. The molecule has 1 atom stereocenters. The Morgan fingerprint density at radius 1 is 1.78 bits per heavy atom. The first-order valence-corrected chi connectivity index (χ1v) is 5.03. The van der Waals surface area contributed by atoms with Crippen LogP contribution in [-0.4, -0.2) is 31.5 Å². The number of carbonyl (C=O) groups is 1. The van der Waals surface area contributed by atoms with Gasteiger partial charge >= 0.3 is 14.5 Å². The molecule has 0 fully saturated rings. The maximum Gasteiger partial charge on any atom is 0.343 e. The minimum atomic E-state index is -2.84. The van der Waals surface area contributed by atoms with Gasteiger partial charge in [-0.3, -0.25) is 4.79 Å². The van der Waals surface area contributed by atoms with Crippen molar-refractivity contribution in [1.29, 1.82) is 0 Å². The van der Waals surface area contributed by atoms with Gasteiger partial charge in [-0.2, -0.15) is 0 Å². The van der Waals surface area contributed by atoms with E-state index in [9.17, 15) is 4.79 Å². The molecule has 2 N–H and O–H groups in total. The van der Waals surface area contributed by atoms with Gasteiger partial charge in [-0.05, 0) is 6.55 Å². The second kappa shape index (κ2) is 2.95. The minimum Gasteiger partial charge on any atom is -0.481 e. The van der Waals surface area contributed by atoms with Gasteiger partial charge in [0.05, 0.1) is 6.04 Å². The second-order valence-corrected chi connectivity index (χ2v) is 5.06. The van der Waals surface area contributed by atoms with Crippen LogP contribution in [0.5, 0.6) is 0 Å². The summed E-state index contributed by atoms with van der Waals surface area (Å²) in [6, 6.07) is -0.260. The maximum absolute atomic E-state index is 9.97. The zero-order valence-corrected chi connectivity index (χ0v) is 6.42. The van der Waals surface area contributed by atoms with Gasteiger partial charge in [0.1, 0.15) is 0 Å². The molecule has 0 saturated carbocycles. The van der Waals surface area contributed by atoms with Crippen LogP contribution >= 0.6 is 0 Å². The highest BCUT2D eigenvalue weighted by Crippen LogP contribution is 2.04. The lowest BCUT2D eigenvalue weighted by molar-refractivity contribution is -0.134. The highest BCUT2D eigenvalue weighted by atomic mass is 28.4. The van der Waals surface area contributed by atoms with Gasteiger partial charge < -0.3 is 14.3 Å². The molecule has 5 heteroatoms. The van der Waals surface area contributed by atoms with Crippen molar-refractivity contribution in [2.24, 2.45) is 0 Å². The van der Waals surface area contributed by atoms with Crippen LogP contribution in [0.25, 0.3) is 0 Å². The maximum atomic E-state index is 9.97. The Morgan fingerprint density at radius 2 is 2.22 bits per heavy atom. The quantitative estimate of drug-likeness (QED) is 0.546. The van der Waals surface area contributed by atoms with Crippen molar-refractivity contribution in [3.63, 3.8) is 0 Å². The van der Waals surface area contributed by atoms with Crippen LogP contribution in [0.4, 0.5) is 0 Å². The first kappa shape index (κ1) is 8.61. The molecular weight excluding hydrogens is 140 g/mol. The molecule has 0 aliphatic rings. The number of aliphatic carboxylic acids is 1. The Hall–Kier alpha value is -0.393. The van der Waals surface area contributed by atoms with Gasteiger partial charge in [-0.1, -0.05) is 0 Å². The smallest absolute Gasteiger partial charge is 0.343 e. The van der Waals surface area contributed by atoms with Crippen molar-refractivity contribution in [2.45, 2.75) is 12.6 Å². The highest BCUT2D eigenvalue weighted by molar-refractivity contribution is 6.67. The third-order valence-electron chi connectivity index (χ3n) is 0.919. The molecule has 4 nitrogen and oxygen atoms in total. The first-order valence-electron chi connectivity index (χ1n) is 2.47. The summed E-state index contributed by atoms with van der Waals surface area (Å²) >= 11 is 0. The summed E-state index contributed by atoms with van der Waals surface area (Å²) in [5.41, 5.74) is 0. The van der Waals surface area contributed by atoms with Gasteiger partial charge in [0.25, 0.3) is 0 Å². The number of rotatable bonds is 3. The van der Waals surface area contributed by atoms with Crippen LogP contribution < -0.4 is 0 Å². The summed E-state index contributed by atoms with van der Waals surface area (Å²) in [6.07, 6.45) is 0. The molecule has 54 valence electrons. The fourth-order valence-corrected chi connectivity index (χ4v) is 1.06. The van der Waals surface area contributed by atoms with E-state index in [1.807, 2.05) is 0 Å². The average molecular weight is 150 g/mol. The van der Waals surface area contributed by atoms with E-state index in [2.05, 4.69) is 4.43 Å². The molecular formula is C4H10O4Si. The summed E-state index contributed by atoms with van der Waals surface area (Å²) in [4.78, 5) is 19.0. The zero-order chi connectivity index (χ0) is 7.49. The van der Waals surface area contributed by atoms with E-state index in [1.54, 1.807) is 0 Å². The Morgan fingerprint density at radius 3 is 2.33 bits per heavy atom. The number of carboxylic acids is 1. The van der Waals surface area contributed by atoms with Gasteiger partial charge in [-0.25, -0.2) is 0 Å². The van der Waals surface area contributed by atoms with Crippen molar-refractivity contribution in [3.05, 3.63) is 0 Å². The molecule has 0 heterocycles. The van der Waals surface area contributed by atoms with Crippen LogP contribution in [0, 0.1) is 0 Å². The normalized spacial score (nSPS) is 16.8. The SMILES string of the molecule is CO[Si](C)(O)CC(=O)O. The number of hydrogen-bond donors (Lipinski definition) is 2.